The van der Waals surface area contributed by atoms with Crippen molar-refractivity contribution in [1.29, 1.82) is 0 Å². The molecule has 2 aromatic heterocycles. The lowest BCUT2D eigenvalue weighted by molar-refractivity contribution is 0.301. The van der Waals surface area contributed by atoms with Gasteiger partial charge in [0.25, 0.3) is 0 Å². The highest BCUT2D eigenvalue weighted by Crippen LogP contribution is 2.39. The fourth-order valence-electron chi connectivity index (χ4n) is 3.35. The maximum atomic E-state index is 6.18. The van der Waals surface area contributed by atoms with Gasteiger partial charge in [0.05, 0.1) is 11.6 Å². The summed E-state index contributed by atoms with van der Waals surface area (Å²) >= 11 is 6.18. The molecule has 108 valence electrons. The van der Waals surface area contributed by atoms with Crippen LogP contribution in [0.3, 0.4) is 0 Å². The number of rotatable bonds is 4. The molecule has 0 aromatic carbocycles. The van der Waals surface area contributed by atoms with Gasteiger partial charge >= 0.3 is 0 Å². The van der Waals surface area contributed by atoms with E-state index in [9.17, 15) is 0 Å². The van der Waals surface area contributed by atoms with Gasteiger partial charge in [-0.1, -0.05) is 19.9 Å². The third-order valence-corrected chi connectivity index (χ3v) is 5.23. The van der Waals surface area contributed by atoms with E-state index in [0.29, 0.717) is 11.3 Å². The molecule has 0 amide bonds. The summed E-state index contributed by atoms with van der Waals surface area (Å²) in [7, 11) is 0. The van der Waals surface area contributed by atoms with Crippen molar-refractivity contribution in [2.75, 3.05) is 18.0 Å². The zero-order chi connectivity index (χ0) is 14.2. The van der Waals surface area contributed by atoms with Crippen LogP contribution < -0.4 is 4.90 Å². The first-order valence-electron chi connectivity index (χ1n) is 7.50. The van der Waals surface area contributed by atoms with E-state index >= 15 is 0 Å². The zero-order valence-electron chi connectivity index (χ0n) is 12.3. The minimum absolute atomic E-state index is 0.458. The van der Waals surface area contributed by atoms with E-state index in [1.54, 1.807) is 0 Å². The van der Waals surface area contributed by atoms with Crippen molar-refractivity contribution < 1.29 is 0 Å². The minimum atomic E-state index is 0.458. The predicted molar refractivity (Wildman–Crippen MR) is 84.6 cm³/mol. The Bertz CT molecular complexity index is 601. The Morgan fingerprint density at radius 1 is 1.30 bits per heavy atom. The molecule has 1 aliphatic rings. The number of pyridine rings is 1. The van der Waals surface area contributed by atoms with Crippen LogP contribution in [0.5, 0.6) is 0 Å². The Labute approximate surface area is 125 Å². The van der Waals surface area contributed by atoms with Crippen LogP contribution in [0.1, 0.15) is 38.8 Å². The van der Waals surface area contributed by atoms with Crippen LogP contribution in [-0.4, -0.2) is 22.5 Å². The molecule has 0 unspecified atom stereocenters. The summed E-state index contributed by atoms with van der Waals surface area (Å²) in [4.78, 5) is 7.23. The summed E-state index contributed by atoms with van der Waals surface area (Å²) in [6.07, 6.45) is 5.79. The second-order valence-electron chi connectivity index (χ2n) is 5.82. The van der Waals surface area contributed by atoms with E-state index < -0.39 is 0 Å². The van der Waals surface area contributed by atoms with E-state index in [1.807, 2.05) is 24.4 Å². The third kappa shape index (κ3) is 2.08. The van der Waals surface area contributed by atoms with Crippen molar-refractivity contribution in [2.45, 2.75) is 39.0 Å². The Morgan fingerprint density at radius 2 is 2.10 bits per heavy atom. The largest absolute Gasteiger partial charge is 0.354 e. The van der Waals surface area contributed by atoms with Gasteiger partial charge in [0, 0.05) is 19.3 Å². The van der Waals surface area contributed by atoms with Crippen LogP contribution in [0, 0.1) is 5.41 Å². The summed E-state index contributed by atoms with van der Waals surface area (Å²) in [6, 6.07) is 6.10. The molecule has 3 rings (SSSR count). The van der Waals surface area contributed by atoms with Crippen LogP contribution in [0.4, 0.5) is 5.82 Å². The number of imidazole rings is 1. The number of fused-ring (bicyclic) bond motifs is 1. The lowest BCUT2D eigenvalue weighted by atomic mass is 9.82. The second kappa shape index (κ2) is 5.28. The number of hydrogen-bond acceptors (Lipinski definition) is 2. The van der Waals surface area contributed by atoms with Crippen molar-refractivity contribution in [1.82, 2.24) is 9.38 Å². The molecule has 0 bridgehead atoms. The summed E-state index contributed by atoms with van der Waals surface area (Å²) in [5.74, 6) is 1.58. The molecule has 4 heteroatoms. The number of hydrogen-bond donors (Lipinski definition) is 0. The molecule has 2 aromatic rings. The minimum Gasteiger partial charge on any atom is -0.354 e. The smallest absolute Gasteiger partial charge is 0.152 e. The summed E-state index contributed by atoms with van der Waals surface area (Å²) in [5, 5.41) is 0. The molecule has 1 fully saturated rings. The maximum Gasteiger partial charge on any atom is 0.152 e. The summed E-state index contributed by atoms with van der Waals surface area (Å²) < 4.78 is 2.11. The highest BCUT2D eigenvalue weighted by molar-refractivity contribution is 6.17. The molecular weight excluding hydrogens is 270 g/mol. The Balaban J connectivity index is 1.99. The maximum absolute atomic E-state index is 6.18. The van der Waals surface area contributed by atoms with Crippen molar-refractivity contribution in [3.8, 4) is 0 Å². The van der Waals surface area contributed by atoms with Gasteiger partial charge in [0.15, 0.2) is 5.82 Å². The van der Waals surface area contributed by atoms with Gasteiger partial charge in [-0.3, -0.25) is 0 Å². The lowest BCUT2D eigenvalue weighted by Gasteiger charge is -2.26. The molecule has 3 heterocycles. The van der Waals surface area contributed by atoms with Crippen LogP contribution in [0.25, 0.3) is 5.65 Å². The molecule has 0 aliphatic carbocycles. The van der Waals surface area contributed by atoms with E-state index in [2.05, 4.69) is 23.1 Å². The fourth-order valence-corrected chi connectivity index (χ4v) is 3.60. The first kappa shape index (κ1) is 13.7. The van der Waals surface area contributed by atoms with Crippen LogP contribution in [0.15, 0.2) is 24.4 Å². The fraction of sp³-hybridized carbons (Fsp3) is 0.562. The first-order chi connectivity index (χ1) is 9.73. The Hall–Kier alpha value is -1.22. The zero-order valence-corrected chi connectivity index (χ0v) is 13.0. The van der Waals surface area contributed by atoms with Gasteiger partial charge in [-0.05, 0) is 36.8 Å². The van der Waals surface area contributed by atoms with Crippen LogP contribution in [0.2, 0.25) is 0 Å². The summed E-state index contributed by atoms with van der Waals surface area (Å²) in [6.45, 7) is 6.81. The highest BCUT2D eigenvalue weighted by Gasteiger charge is 2.36. The Kier molecular flexibility index (Phi) is 3.63. The van der Waals surface area contributed by atoms with Gasteiger partial charge in [0.2, 0.25) is 0 Å². The van der Waals surface area contributed by atoms with E-state index in [1.165, 1.54) is 19.3 Å². The van der Waals surface area contributed by atoms with Crippen LogP contribution >= 0.6 is 11.6 Å². The molecule has 0 atom stereocenters. The summed E-state index contributed by atoms with van der Waals surface area (Å²) in [5.41, 5.74) is 2.56. The first-order valence-corrected chi connectivity index (χ1v) is 8.03. The predicted octanol–water partition coefficient (Wildman–Crippen LogP) is 4.09. The number of nitrogens with zero attached hydrogens (tertiary/aromatic N) is 3. The molecule has 1 saturated heterocycles. The highest BCUT2D eigenvalue weighted by atomic mass is 35.5. The third-order valence-electron chi connectivity index (χ3n) is 4.97. The Morgan fingerprint density at radius 3 is 2.75 bits per heavy atom. The van der Waals surface area contributed by atoms with Crippen molar-refractivity contribution in [3.63, 3.8) is 0 Å². The average molecular weight is 292 g/mol. The quantitative estimate of drug-likeness (QED) is 0.791. The molecule has 20 heavy (non-hydrogen) atoms. The van der Waals surface area contributed by atoms with Gasteiger partial charge in [-0.2, -0.15) is 0 Å². The van der Waals surface area contributed by atoms with Gasteiger partial charge in [-0.15, -0.1) is 11.6 Å². The molecule has 0 saturated carbocycles. The van der Waals surface area contributed by atoms with Crippen molar-refractivity contribution in [2.24, 2.45) is 5.41 Å². The van der Waals surface area contributed by atoms with Crippen molar-refractivity contribution >= 4 is 23.1 Å². The SMILES string of the molecule is CCC1(CC)CCN(c2nc3ccccn3c2CCl)C1. The second-order valence-corrected chi connectivity index (χ2v) is 6.09. The molecule has 0 radical (unpaired) electrons. The lowest BCUT2D eigenvalue weighted by Crippen LogP contribution is -2.27. The average Bonchev–Trinajstić information content (AvgIpc) is 3.08. The van der Waals surface area contributed by atoms with E-state index in [-0.39, 0.29) is 0 Å². The van der Waals surface area contributed by atoms with E-state index in [0.717, 1.165) is 30.2 Å². The normalized spacial score (nSPS) is 18.1. The standard InChI is InChI=1S/C16H22ClN3/c1-3-16(4-2)8-10-19(12-16)15-13(11-17)20-9-6-5-7-14(20)18-15/h5-7,9H,3-4,8,10-12H2,1-2H3. The van der Waals surface area contributed by atoms with Crippen LogP contribution in [-0.2, 0) is 5.88 Å². The van der Waals surface area contributed by atoms with Gasteiger partial charge in [-0.25, -0.2) is 4.98 Å². The number of alkyl halides is 1. The molecular formula is C16H22ClN3. The van der Waals surface area contributed by atoms with Crippen molar-refractivity contribution in [3.05, 3.63) is 30.1 Å². The monoisotopic (exact) mass is 291 g/mol. The molecule has 0 spiro atoms. The molecule has 3 nitrogen and oxygen atoms in total. The molecule has 1 aliphatic heterocycles. The number of halogens is 1. The number of aromatic nitrogens is 2. The topological polar surface area (TPSA) is 20.5 Å². The van der Waals surface area contributed by atoms with Gasteiger partial charge < -0.3 is 9.30 Å². The van der Waals surface area contributed by atoms with Gasteiger partial charge in [0.1, 0.15) is 5.65 Å². The van der Waals surface area contributed by atoms with E-state index in [4.69, 9.17) is 16.6 Å². The number of anilines is 1. The molecule has 0 N–H and O–H groups in total.